The second kappa shape index (κ2) is 8.80. The van der Waals surface area contributed by atoms with Gasteiger partial charge >= 0.3 is 0 Å². The third kappa shape index (κ3) is 4.58. The summed E-state index contributed by atoms with van der Waals surface area (Å²) in [6.45, 7) is 7.13. The number of anilines is 1. The lowest BCUT2D eigenvalue weighted by atomic mass is 10.1. The van der Waals surface area contributed by atoms with E-state index in [2.05, 4.69) is 33.1 Å². The summed E-state index contributed by atoms with van der Waals surface area (Å²) in [5.74, 6) is 0.0263. The number of fused-ring (bicyclic) bond motifs is 1. The standard InChI is InChI=1S/C20H18N4O3S2/c1-3-5-6-9-14(4-2)29(26,27)24-17-12-18(28-20-21-13-22-23-20)19(25)16-11-8-7-10-15(16)17/h3-13,24-25H,1-2H2,(H,21,22,23)/b6-5-,14-9+. The SMILES string of the molecule is C=C/C=C\C=C(/C=C)S(=O)(=O)Nc1cc(Sc2ncn[nH]2)c(O)c2ccccc12. The number of aromatic nitrogens is 3. The highest BCUT2D eigenvalue weighted by atomic mass is 32.2. The van der Waals surface area contributed by atoms with Gasteiger partial charge in [0, 0.05) is 10.8 Å². The van der Waals surface area contributed by atoms with Crippen LogP contribution in [-0.2, 0) is 10.0 Å². The first-order valence-corrected chi connectivity index (χ1v) is 10.7. The molecule has 0 spiro atoms. The third-order valence-corrected chi connectivity index (χ3v) is 6.18. The minimum absolute atomic E-state index is 0.00260. The molecule has 148 valence electrons. The number of phenols is 1. The monoisotopic (exact) mass is 426 g/mol. The molecule has 0 aliphatic rings. The molecule has 3 aromatic rings. The van der Waals surface area contributed by atoms with Crippen LogP contribution in [0.4, 0.5) is 5.69 Å². The Morgan fingerprint density at radius 2 is 1.97 bits per heavy atom. The second-order valence-electron chi connectivity index (χ2n) is 5.71. The molecule has 0 aliphatic heterocycles. The number of benzene rings is 2. The maximum Gasteiger partial charge on any atom is 0.261 e. The van der Waals surface area contributed by atoms with Gasteiger partial charge in [-0.3, -0.25) is 9.82 Å². The number of phenolic OH excluding ortho intramolecular Hbond substituents is 1. The fourth-order valence-corrected chi connectivity index (χ4v) is 4.39. The van der Waals surface area contributed by atoms with Crippen molar-refractivity contribution in [3.63, 3.8) is 0 Å². The maximum atomic E-state index is 12.9. The van der Waals surface area contributed by atoms with Gasteiger partial charge in [0.25, 0.3) is 10.0 Å². The molecule has 2 aromatic carbocycles. The first-order chi connectivity index (χ1) is 14.0. The van der Waals surface area contributed by atoms with E-state index in [1.807, 2.05) is 0 Å². The molecular weight excluding hydrogens is 408 g/mol. The summed E-state index contributed by atoms with van der Waals surface area (Å²) in [7, 11) is -3.91. The number of hydrogen-bond donors (Lipinski definition) is 3. The molecule has 1 heterocycles. The molecule has 0 amide bonds. The Morgan fingerprint density at radius 3 is 2.62 bits per heavy atom. The predicted octanol–water partition coefficient (Wildman–Crippen LogP) is 4.37. The Morgan fingerprint density at radius 1 is 1.21 bits per heavy atom. The Hall–Kier alpha value is -3.30. The molecule has 1 aromatic heterocycles. The largest absolute Gasteiger partial charge is 0.506 e. The van der Waals surface area contributed by atoms with Crippen molar-refractivity contribution in [1.29, 1.82) is 0 Å². The first-order valence-electron chi connectivity index (χ1n) is 8.39. The number of allylic oxidation sites excluding steroid dienone is 5. The number of sulfonamides is 1. The molecule has 29 heavy (non-hydrogen) atoms. The Kier molecular flexibility index (Phi) is 6.20. The van der Waals surface area contributed by atoms with Gasteiger partial charge in [-0.1, -0.05) is 55.7 Å². The van der Waals surface area contributed by atoms with Gasteiger partial charge in [0.15, 0.2) is 5.16 Å². The number of nitrogens with one attached hydrogen (secondary N) is 2. The van der Waals surface area contributed by atoms with Crippen molar-refractivity contribution in [3.05, 3.63) is 85.1 Å². The van der Waals surface area contributed by atoms with Gasteiger partial charge in [0.05, 0.1) is 15.5 Å². The van der Waals surface area contributed by atoms with Crippen LogP contribution in [0.3, 0.4) is 0 Å². The number of aromatic hydroxyl groups is 1. The van der Waals surface area contributed by atoms with E-state index in [9.17, 15) is 13.5 Å². The number of H-pyrrole nitrogens is 1. The summed E-state index contributed by atoms with van der Waals surface area (Å²) < 4.78 is 28.3. The summed E-state index contributed by atoms with van der Waals surface area (Å²) in [6.07, 6.45) is 8.73. The van der Waals surface area contributed by atoms with Gasteiger partial charge in [0.2, 0.25) is 0 Å². The van der Waals surface area contributed by atoms with Crippen molar-refractivity contribution in [2.45, 2.75) is 10.1 Å². The van der Waals surface area contributed by atoms with E-state index in [1.165, 1.54) is 24.6 Å². The second-order valence-corrected chi connectivity index (χ2v) is 8.42. The smallest absolute Gasteiger partial charge is 0.261 e. The summed E-state index contributed by atoms with van der Waals surface area (Å²) >= 11 is 1.14. The van der Waals surface area contributed by atoms with Crippen LogP contribution in [0.15, 0.2) is 95.2 Å². The van der Waals surface area contributed by atoms with Crippen molar-refractivity contribution in [2.75, 3.05) is 4.72 Å². The highest BCUT2D eigenvalue weighted by molar-refractivity contribution is 7.99. The Labute approximate surface area is 172 Å². The molecule has 3 rings (SSSR count). The van der Waals surface area contributed by atoms with Gasteiger partial charge in [0.1, 0.15) is 12.1 Å². The summed E-state index contributed by atoms with van der Waals surface area (Å²) in [5, 5.41) is 18.7. The summed E-state index contributed by atoms with van der Waals surface area (Å²) in [6, 6.07) is 8.52. The summed E-state index contributed by atoms with van der Waals surface area (Å²) in [4.78, 5) is 4.45. The van der Waals surface area contributed by atoms with Gasteiger partial charge in [-0.05, 0) is 30.0 Å². The fourth-order valence-electron chi connectivity index (χ4n) is 2.54. The van der Waals surface area contributed by atoms with E-state index in [0.29, 0.717) is 26.5 Å². The van der Waals surface area contributed by atoms with E-state index in [1.54, 1.807) is 42.5 Å². The zero-order chi connectivity index (χ0) is 20.9. The van der Waals surface area contributed by atoms with Crippen molar-refractivity contribution < 1.29 is 13.5 Å². The average Bonchev–Trinajstić information content (AvgIpc) is 3.21. The van der Waals surface area contributed by atoms with E-state index in [4.69, 9.17) is 0 Å². The molecule has 0 atom stereocenters. The average molecular weight is 427 g/mol. The minimum atomic E-state index is -3.91. The topological polar surface area (TPSA) is 108 Å². The van der Waals surface area contributed by atoms with E-state index in [-0.39, 0.29) is 10.7 Å². The Balaban J connectivity index is 2.09. The molecule has 7 nitrogen and oxygen atoms in total. The van der Waals surface area contributed by atoms with Crippen LogP contribution in [-0.4, -0.2) is 28.7 Å². The van der Waals surface area contributed by atoms with Gasteiger partial charge < -0.3 is 5.11 Å². The molecular formula is C20H18N4O3S2. The quantitative estimate of drug-likeness (QED) is 0.365. The van der Waals surface area contributed by atoms with E-state index in [0.717, 1.165) is 11.8 Å². The summed E-state index contributed by atoms with van der Waals surface area (Å²) in [5.41, 5.74) is 0.320. The molecule has 0 fully saturated rings. The zero-order valence-electron chi connectivity index (χ0n) is 15.2. The number of aromatic amines is 1. The lowest BCUT2D eigenvalue weighted by Gasteiger charge is -2.14. The lowest BCUT2D eigenvalue weighted by Crippen LogP contribution is -2.14. The molecule has 9 heteroatoms. The number of rotatable bonds is 8. The van der Waals surface area contributed by atoms with Crippen molar-refractivity contribution >= 4 is 38.2 Å². The predicted molar refractivity (Wildman–Crippen MR) is 116 cm³/mol. The number of nitrogens with zero attached hydrogens (tertiary/aromatic N) is 2. The van der Waals surface area contributed by atoms with E-state index < -0.39 is 10.0 Å². The van der Waals surface area contributed by atoms with Crippen LogP contribution in [0.1, 0.15) is 0 Å². The molecule has 0 radical (unpaired) electrons. The van der Waals surface area contributed by atoms with Crippen molar-refractivity contribution in [2.24, 2.45) is 0 Å². The van der Waals surface area contributed by atoms with Crippen LogP contribution in [0.25, 0.3) is 10.8 Å². The molecule has 0 saturated carbocycles. The highest BCUT2D eigenvalue weighted by Gasteiger charge is 2.19. The Bertz CT molecular complexity index is 1210. The van der Waals surface area contributed by atoms with Crippen molar-refractivity contribution in [3.8, 4) is 5.75 Å². The van der Waals surface area contributed by atoms with Crippen molar-refractivity contribution in [1.82, 2.24) is 15.2 Å². The first kappa shape index (κ1) is 20.4. The van der Waals surface area contributed by atoms with Crippen LogP contribution >= 0.6 is 11.8 Å². The lowest BCUT2D eigenvalue weighted by molar-refractivity contribution is 0.469. The van der Waals surface area contributed by atoms with Gasteiger partial charge in [-0.15, -0.1) is 0 Å². The highest BCUT2D eigenvalue weighted by Crippen LogP contribution is 2.42. The maximum absolute atomic E-state index is 12.9. The van der Waals surface area contributed by atoms with Crippen LogP contribution in [0.5, 0.6) is 5.75 Å². The normalized spacial score (nSPS) is 12.3. The molecule has 0 bridgehead atoms. The molecule has 0 saturated heterocycles. The van der Waals surface area contributed by atoms with Crippen LogP contribution in [0, 0.1) is 0 Å². The molecule has 3 N–H and O–H groups in total. The van der Waals surface area contributed by atoms with E-state index >= 15 is 0 Å². The van der Waals surface area contributed by atoms with Crippen LogP contribution < -0.4 is 4.72 Å². The van der Waals surface area contributed by atoms with Gasteiger partial charge in [-0.25, -0.2) is 13.4 Å². The minimum Gasteiger partial charge on any atom is -0.506 e. The fraction of sp³-hybridized carbons (Fsp3) is 0. The third-order valence-electron chi connectivity index (χ3n) is 3.84. The van der Waals surface area contributed by atoms with Gasteiger partial charge in [-0.2, -0.15) is 5.10 Å². The zero-order valence-corrected chi connectivity index (χ0v) is 16.9. The molecule has 0 unspecified atom stereocenters. The number of hydrogen-bond acceptors (Lipinski definition) is 6. The van der Waals surface area contributed by atoms with Crippen LogP contribution in [0.2, 0.25) is 0 Å². The molecule has 0 aliphatic carbocycles.